The molecule has 7 aromatic rings. The fourth-order valence-electron chi connectivity index (χ4n) is 6.11. The van der Waals surface area contributed by atoms with Crippen LogP contribution >= 0.6 is 34.7 Å². The van der Waals surface area contributed by atoms with Crippen LogP contribution in [0.2, 0.25) is 5.02 Å². The van der Waals surface area contributed by atoms with Crippen molar-refractivity contribution < 1.29 is 0 Å². The van der Waals surface area contributed by atoms with Crippen LogP contribution in [0.3, 0.4) is 0 Å². The SMILES string of the molecule is CCCCn1c(CSc2nc3sc(C)c(-c4cccc(Cl)c4)c3c(=O)n2Cc2ccccc2)nc2c1c(=O)[nH]c(=O)n2Cc1ccccc1. The molecule has 0 spiro atoms. The molecule has 0 saturated carbocycles. The van der Waals surface area contributed by atoms with E-state index in [9.17, 15) is 14.4 Å². The molecule has 0 aliphatic rings. The van der Waals surface area contributed by atoms with Gasteiger partial charge in [0.05, 0.1) is 24.2 Å². The summed E-state index contributed by atoms with van der Waals surface area (Å²) in [6, 6.07) is 27.0. The summed E-state index contributed by atoms with van der Waals surface area (Å²) in [6.45, 7) is 5.25. The second kappa shape index (κ2) is 14.0. The minimum Gasteiger partial charge on any atom is -0.321 e. The third kappa shape index (κ3) is 6.53. The summed E-state index contributed by atoms with van der Waals surface area (Å²) in [7, 11) is 0. The average molecular weight is 709 g/mol. The van der Waals surface area contributed by atoms with E-state index < -0.39 is 11.2 Å². The molecule has 49 heavy (non-hydrogen) atoms. The van der Waals surface area contributed by atoms with E-state index in [2.05, 4.69) is 11.9 Å². The van der Waals surface area contributed by atoms with Crippen molar-refractivity contribution >= 4 is 56.1 Å². The molecule has 0 radical (unpaired) electrons. The van der Waals surface area contributed by atoms with E-state index in [1.165, 1.54) is 27.7 Å². The van der Waals surface area contributed by atoms with Gasteiger partial charge in [-0.15, -0.1) is 11.3 Å². The highest BCUT2D eigenvalue weighted by Crippen LogP contribution is 2.38. The molecule has 0 atom stereocenters. The zero-order chi connectivity index (χ0) is 34.1. The summed E-state index contributed by atoms with van der Waals surface area (Å²) in [5, 5.41) is 1.71. The average Bonchev–Trinajstić information content (AvgIpc) is 3.64. The number of halogens is 1. The lowest BCUT2D eigenvalue weighted by Gasteiger charge is -2.13. The van der Waals surface area contributed by atoms with Crippen molar-refractivity contribution in [2.24, 2.45) is 0 Å². The van der Waals surface area contributed by atoms with Crippen LogP contribution in [0, 0.1) is 6.92 Å². The first kappa shape index (κ1) is 32.8. The van der Waals surface area contributed by atoms with Crippen LogP contribution in [0.4, 0.5) is 0 Å². The number of rotatable bonds is 11. The van der Waals surface area contributed by atoms with Crippen molar-refractivity contribution in [2.75, 3.05) is 0 Å². The summed E-state index contributed by atoms with van der Waals surface area (Å²) in [4.78, 5) is 55.0. The Morgan fingerprint density at radius 3 is 2.22 bits per heavy atom. The molecule has 0 saturated heterocycles. The maximum Gasteiger partial charge on any atom is 0.330 e. The number of hydrogen-bond donors (Lipinski definition) is 1. The maximum atomic E-state index is 14.5. The second-order valence-electron chi connectivity index (χ2n) is 11.8. The van der Waals surface area contributed by atoms with Gasteiger partial charge in [-0.25, -0.2) is 14.8 Å². The van der Waals surface area contributed by atoms with E-state index in [0.717, 1.165) is 40.0 Å². The van der Waals surface area contributed by atoms with Gasteiger partial charge in [-0.3, -0.25) is 23.7 Å². The number of hydrogen-bond acceptors (Lipinski definition) is 7. The standard InChI is InChI=1S/C37H33ClN6O3S2/c1-3-4-18-42-28(39-32-31(42)33(45)40-36(47)43(32)20-24-12-7-5-8-13-24)22-48-37-41-34-30(35(46)44(37)21-25-14-9-6-10-15-25)29(23(2)49-34)26-16-11-17-27(38)19-26/h5-17,19H,3-4,18,20-22H2,1-2H3,(H,40,45,47). The monoisotopic (exact) mass is 708 g/mol. The van der Waals surface area contributed by atoms with Gasteiger partial charge in [0.1, 0.15) is 10.7 Å². The number of thiophene rings is 1. The Hall–Kier alpha value is -4.71. The number of nitrogens with one attached hydrogen (secondary N) is 1. The third-order valence-electron chi connectivity index (χ3n) is 8.46. The number of aromatic nitrogens is 6. The molecule has 0 aliphatic heterocycles. The maximum absolute atomic E-state index is 14.5. The predicted octanol–water partition coefficient (Wildman–Crippen LogP) is 7.48. The number of nitrogens with zero attached hydrogens (tertiary/aromatic N) is 5. The summed E-state index contributed by atoms with van der Waals surface area (Å²) in [5.74, 6) is 0.962. The zero-order valence-corrected chi connectivity index (χ0v) is 29.4. The van der Waals surface area contributed by atoms with Gasteiger partial charge in [-0.1, -0.05) is 110 Å². The van der Waals surface area contributed by atoms with Gasteiger partial charge in [0.25, 0.3) is 11.1 Å². The molecule has 4 aromatic heterocycles. The minimum atomic E-state index is -0.506. The number of benzene rings is 3. The van der Waals surface area contributed by atoms with Gasteiger partial charge in [0.15, 0.2) is 16.3 Å². The summed E-state index contributed by atoms with van der Waals surface area (Å²) in [6.07, 6.45) is 1.74. The molecule has 0 amide bonds. The normalized spacial score (nSPS) is 11.6. The summed E-state index contributed by atoms with van der Waals surface area (Å²) >= 11 is 9.25. The van der Waals surface area contributed by atoms with Crippen LogP contribution in [-0.4, -0.2) is 28.7 Å². The first-order valence-electron chi connectivity index (χ1n) is 16.0. The molecule has 0 fully saturated rings. The van der Waals surface area contributed by atoms with Crippen LogP contribution < -0.4 is 16.8 Å². The van der Waals surface area contributed by atoms with Crippen molar-refractivity contribution in [1.29, 1.82) is 0 Å². The highest BCUT2D eigenvalue weighted by atomic mass is 35.5. The zero-order valence-electron chi connectivity index (χ0n) is 27.0. The van der Waals surface area contributed by atoms with E-state index in [1.54, 1.807) is 4.57 Å². The quantitative estimate of drug-likeness (QED) is 0.110. The number of fused-ring (bicyclic) bond motifs is 2. The van der Waals surface area contributed by atoms with Crippen LogP contribution in [0.5, 0.6) is 0 Å². The van der Waals surface area contributed by atoms with Crippen LogP contribution in [0.25, 0.3) is 32.5 Å². The van der Waals surface area contributed by atoms with Crippen LogP contribution in [0.15, 0.2) is 104 Å². The van der Waals surface area contributed by atoms with Crippen molar-refractivity contribution in [3.63, 3.8) is 0 Å². The Morgan fingerprint density at radius 1 is 0.857 bits per heavy atom. The van der Waals surface area contributed by atoms with Crippen molar-refractivity contribution in [1.82, 2.24) is 28.7 Å². The van der Waals surface area contributed by atoms with E-state index in [1.807, 2.05) is 96.4 Å². The van der Waals surface area contributed by atoms with Gasteiger partial charge in [0.2, 0.25) is 0 Å². The molecule has 0 bridgehead atoms. The van der Waals surface area contributed by atoms with Crippen LogP contribution in [-0.2, 0) is 25.4 Å². The molecule has 1 N–H and O–H groups in total. The van der Waals surface area contributed by atoms with E-state index in [-0.39, 0.29) is 12.1 Å². The number of H-pyrrole nitrogens is 1. The lowest BCUT2D eigenvalue weighted by Crippen LogP contribution is -2.31. The van der Waals surface area contributed by atoms with Gasteiger partial charge in [0, 0.05) is 22.0 Å². The second-order valence-corrected chi connectivity index (χ2v) is 14.4. The number of unbranched alkanes of at least 4 members (excludes halogenated alkanes) is 1. The van der Waals surface area contributed by atoms with Crippen LogP contribution in [0.1, 0.15) is 41.6 Å². The number of aromatic amines is 1. The summed E-state index contributed by atoms with van der Waals surface area (Å²) < 4.78 is 5.15. The van der Waals surface area contributed by atoms with Gasteiger partial charge >= 0.3 is 5.69 Å². The smallest absolute Gasteiger partial charge is 0.321 e. The van der Waals surface area contributed by atoms with Crippen molar-refractivity contribution in [3.05, 3.63) is 143 Å². The molecule has 12 heteroatoms. The highest BCUT2D eigenvalue weighted by Gasteiger charge is 2.23. The van der Waals surface area contributed by atoms with Gasteiger partial charge < -0.3 is 4.57 Å². The minimum absolute atomic E-state index is 0.136. The highest BCUT2D eigenvalue weighted by molar-refractivity contribution is 7.98. The largest absolute Gasteiger partial charge is 0.330 e. The molecule has 248 valence electrons. The molecule has 0 aliphatic carbocycles. The fraction of sp³-hybridized carbons (Fsp3) is 0.216. The molecule has 4 heterocycles. The Kier molecular flexibility index (Phi) is 9.40. The third-order valence-corrected chi connectivity index (χ3v) is 10.7. The van der Waals surface area contributed by atoms with E-state index in [4.69, 9.17) is 21.6 Å². The lowest BCUT2D eigenvalue weighted by molar-refractivity contribution is 0.625. The predicted molar refractivity (Wildman–Crippen MR) is 199 cm³/mol. The molecule has 3 aromatic carbocycles. The molecular weight excluding hydrogens is 676 g/mol. The fourth-order valence-corrected chi connectivity index (χ4v) is 8.33. The first-order chi connectivity index (χ1) is 23.8. The molecule has 7 rings (SSSR count). The number of imidazole rings is 1. The lowest BCUT2D eigenvalue weighted by atomic mass is 10.0. The van der Waals surface area contributed by atoms with Gasteiger partial charge in [-0.05, 0) is 42.2 Å². The molecular formula is C37H33ClN6O3S2. The van der Waals surface area contributed by atoms with Crippen molar-refractivity contribution in [3.8, 4) is 11.1 Å². The topological polar surface area (TPSA) is 108 Å². The summed E-state index contributed by atoms with van der Waals surface area (Å²) in [5.41, 5.74) is 3.20. The van der Waals surface area contributed by atoms with Crippen molar-refractivity contribution in [2.45, 2.75) is 57.2 Å². The molecule has 0 unspecified atom stereocenters. The van der Waals surface area contributed by atoms with E-state index in [0.29, 0.717) is 56.2 Å². The number of aryl methyl sites for hydroxylation is 2. The Morgan fingerprint density at radius 2 is 1.55 bits per heavy atom. The Bertz CT molecular complexity index is 2480. The first-order valence-corrected chi connectivity index (χ1v) is 18.2. The number of thioether (sulfide) groups is 1. The van der Waals surface area contributed by atoms with E-state index >= 15 is 0 Å². The Labute approximate surface area is 294 Å². The Balaban J connectivity index is 1.35. The molecule has 9 nitrogen and oxygen atoms in total. The van der Waals surface area contributed by atoms with Gasteiger partial charge in [-0.2, -0.15) is 0 Å².